The summed E-state index contributed by atoms with van der Waals surface area (Å²) < 4.78 is 0. The highest BCUT2D eigenvalue weighted by molar-refractivity contribution is 4.89. The van der Waals surface area contributed by atoms with Crippen LogP contribution in [0.25, 0.3) is 0 Å². The van der Waals surface area contributed by atoms with Crippen molar-refractivity contribution in [3.63, 3.8) is 0 Å². The molecule has 2 aliphatic heterocycles. The Balaban J connectivity index is 1.82. The largest absolute Gasteiger partial charge is 0.314 e. The predicted molar refractivity (Wildman–Crippen MR) is 91.8 cm³/mol. The van der Waals surface area contributed by atoms with E-state index in [1.807, 2.05) is 0 Å². The number of likely N-dealkylation sites (tertiary alicyclic amines) is 2. The number of rotatable bonds is 8. The molecule has 2 atom stereocenters. The maximum Gasteiger partial charge on any atom is 0.0235 e. The lowest BCUT2D eigenvalue weighted by Crippen LogP contribution is -2.44. The zero-order chi connectivity index (χ0) is 15.3. The molecule has 0 bridgehead atoms. The zero-order valence-electron chi connectivity index (χ0n) is 14.8. The van der Waals surface area contributed by atoms with Gasteiger partial charge in [-0.15, -0.1) is 0 Å². The molecule has 3 heteroatoms. The third kappa shape index (κ3) is 5.22. The number of hydrogen-bond donors (Lipinski definition) is 1. The SMILES string of the molecule is CCCC(C)(CNC(C)C)CN1CCC(N2CCCC2)C1. The van der Waals surface area contributed by atoms with Crippen LogP contribution in [0.5, 0.6) is 0 Å². The molecule has 0 spiro atoms. The molecule has 0 aromatic rings. The smallest absolute Gasteiger partial charge is 0.0235 e. The molecule has 2 fully saturated rings. The Morgan fingerprint density at radius 3 is 2.52 bits per heavy atom. The minimum Gasteiger partial charge on any atom is -0.314 e. The van der Waals surface area contributed by atoms with E-state index in [1.165, 1.54) is 64.8 Å². The van der Waals surface area contributed by atoms with E-state index in [0.717, 1.165) is 12.6 Å². The Morgan fingerprint density at radius 2 is 1.90 bits per heavy atom. The van der Waals surface area contributed by atoms with Gasteiger partial charge in [-0.1, -0.05) is 34.1 Å². The van der Waals surface area contributed by atoms with Gasteiger partial charge in [0, 0.05) is 31.7 Å². The third-order valence-electron chi connectivity index (χ3n) is 5.30. The van der Waals surface area contributed by atoms with Gasteiger partial charge >= 0.3 is 0 Å². The van der Waals surface area contributed by atoms with E-state index in [4.69, 9.17) is 0 Å². The molecule has 0 radical (unpaired) electrons. The second kappa shape index (κ2) is 7.94. The Labute approximate surface area is 132 Å². The third-order valence-corrected chi connectivity index (χ3v) is 5.30. The summed E-state index contributed by atoms with van der Waals surface area (Å²) in [4.78, 5) is 5.48. The molecular formula is C18H37N3. The van der Waals surface area contributed by atoms with Crippen LogP contribution in [-0.2, 0) is 0 Å². The predicted octanol–water partition coefficient (Wildman–Crippen LogP) is 2.96. The molecule has 2 rings (SSSR count). The van der Waals surface area contributed by atoms with E-state index < -0.39 is 0 Å². The molecule has 0 aromatic carbocycles. The second-order valence-electron chi connectivity index (χ2n) is 8.02. The van der Waals surface area contributed by atoms with Crippen LogP contribution in [0.1, 0.15) is 59.8 Å². The van der Waals surface area contributed by atoms with E-state index in [2.05, 4.69) is 42.8 Å². The molecule has 21 heavy (non-hydrogen) atoms. The van der Waals surface area contributed by atoms with Gasteiger partial charge in [0.25, 0.3) is 0 Å². The molecule has 2 heterocycles. The fraction of sp³-hybridized carbons (Fsp3) is 1.00. The van der Waals surface area contributed by atoms with Crippen molar-refractivity contribution >= 4 is 0 Å². The maximum absolute atomic E-state index is 3.67. The van der Waals surface area contributed by atoms with Gasteiger partial charge in [-0.2, -0.15) is 0 Å². The summed E-state index contributed by atoms with van der Waals surface area (Å²) >= 11 is 0. The molecule has 1 N–H and O–H groups in total. The summed E-state index contributed by atoms with van der Waals surface area (Å²) in [6.07, 6.45) is 6.85. The first kappa shape index (κ1) is 17.2. The van der Waals surface area contributed by atoms with E-state index in [1.54, 1.807) is 0 Å². The molecule has 124 valence electrons. The minimum absolute atomic E-state index is 0.429. The molecule has 0 amide bonds. The first-order chi connectivity index (χ1) is 10.0. The lowest BCUT2D eigenvalue weighted by atomic mass is 9.84. The van der Waals surface area contributed by atoms with Crippen LogP contribution >= 0.6 is 0 Å². The molecule has 2 unspecified atom stereocenters. The molecule has 0 aromatic heterocycles. The highest BCUT2D eigenvalue weighted by Crippen LogP contribution is 2.28. The van der Waals surface area contributed by atoms with E-state index >= 15 is 0 Å². The first-order valence-electron chi connectivity index (χ1n) is 9.22. The monoisotopic (exact) mass is 295 g/mol. The summed E-state index contributed by atoms with van der Waals surface area (Å²) in [5.74, 6) is 0. The fourth-order valence-corrected chi connectivity index (χ4v) is 4.18. The van der Waals surface area contributed by atoms with Gasteiger partial charge in [0.1, 0.15) is 0 Å². The van der Waals surface area contributed by atoms with Crippen molar-refractivity contribution in [1.29, 1.82) is 0 Å². The average Bonchev–Trinajstić information content (AvgIpc) is 3.07. The second-order valence-corrected chi connectivity index (χ2v) is 8.02. The van der Waals surface area contributed by atoms with Crippen LogP contribution in [0.3, 0.4) is 0 Å². The van der Waals surface area contributed by atoms with Gasteiger partial charge in [0.15, 0.2) is 0 Å². The van der Waals surface area contributed by atoms with Crippen LogP contribution in [-0.4, -0.2) is 61.2 Å². The van der Waals surface area contributed by atoms with Crippen LogP contribution in [0, 0.1) is 5.41 Å². The zero-order valence-corrected chi connectivity index (χ0v) is 14.8. The normalized spacial score (nSPS) is 27.6. The van der Waals surface area contributed by atoms with E-state index in [9.17, 15) is 0 Å². The quantitative estimate of drug-likeness (QED) is 0.743. The Kier molecular flexibility index (Phi) is 6.51. The summed E-state index contributed by atoms with van der Waals surface area (Å²) in [6, 6.07) is 1.44. The number of nitrogens with zero attached hydrogens (tertiary/aromatic N) is 2. The molecule has 2 aliphatic rings. The van der Waals surface area contributed by atoms with Crippen molar-refractivity contribution in [3.05, 3.63) is 0 Å². The minimum atomic E-state index is 0.429. The van der Waals surface area contributed by atoms with Gasteiger partial charge in [-0.25, -0.2) is 0 Å². The van der Waals surface area contributed by atoms with Crippen LogP contribution in [0.4, 0.5) is 0 Å². The topological polar surface area (TPSA) is 18.5 Å². The van der Waals surface area contributed by atoms with Crippen molar-refractivity contribution in [2.75, 3.05) is 39.3 Å². The number of hydrogen-bond acceptors (Lipinski definition) is 3. The van der Waals surface area contributed by atoms with E-state index in [0.29, 0.717) is 11.5 Å². The van der Waals surface area contributed by atoms with Gasteiger partial charge < -0.3 is 10.2 Å². The van der Waals surface area contributed by atoms with E-state index in [-0.39, 0.29) is 0 Å². The lowest BCUT2D eigenvalue weighted by Gasteiger charge is -2.35. The maximum atomic E-state index is 3.67. The Morgan fingerprint density at radius 1 is 1.19 bits per heavy atom. The summed E-state index contributed by atoms with van der Waals surface area (Å²) in [7, 11) is 0. The molecule has 0 aliphatic carbocycles. The Bertz CT molecular complexity index is 299. The van der Waals surface area contributed by atoms with Crippen LogP contribution in [0.15, 0.2) is 0 Å². The van der Waals surface area contributed by atoms with Gasteiger partial charge in [-0.05, 0) is 50.7 Å². The van der Waals surface area contributed by atoms with Crippen LogP contribution < -0.4 is 5.32 Å². The average molecular weight is 296 g/mol. The number of nitrogens with one attached hydrogen (secondary N) is 1. The van der Waals surface area contributed by atoms with Gasteiger partial charge in [0.05, 0.1) is 0 Å². The Hall–Kier alpha value is -0.120. The van der Waals surface area contributed by atoms with Gasteiger partial charge in [-0.3, -0.25) is 4.90 Å². The molecule has 3 nitrogen and oxygen atoms in total. The summed E-state index contributed by atoms with van der Waals surface area (Å²) in [5, 5.41) is 3.67. The molecule has 2 saturated heterocycles. The lowest BCUT2D eigenvalue weighted by molar-refractivity contribution is 0.156. The first-order valence-corrected chi connectivity index (χ1v) is 9.22. The van der Waals surface area contributed by atoms with Crippen LogP contribution in [0.2, 0.25) is 0 Å². The molecular weight excluding hydrogens is 258 g/mol. The summed E-state index contributed by atoms with van der Waals surface area (Å²) in [6.45, 7) is 17.0. The highest BCUT2D eigenvalue weighted by atomic mass is 15.3. The van der Waals surface area contributed by atoms with Crippen molar-refractivity contribution in [2.45, 2.75) is 71.9 Å². The standard InChI is InChI=1S/C18H37N3/c1-5-9-18(4,14-19-16(2)3)15-20-12-8-17(13-20)21-10-6-7-11-21/h16-17,19H,5-15H2,1-4H3. The summed E-state index contributed by atoms with van der Waals surface area (Å²) in [5.41, 5.74) is 0.429. The van der Waals surface area contributed by atoms with Crippen molar-refractivity contribution in [2.24, 2.45) is 5.41 Å². The van der Waals surface area contributed by atoms with Crippen molar-refractivity contribution in [3.8, 4) is 0 Å². The molecule has 0 saturated carbocycles. The van der Waals surface area contributed by atoms with Crippen molar-refractivity contribution < 1.29 is 0 Å². The van der Waals surface area contributed by atoms with Crippen molar-refractivity contribution in [1.82, 2.24) is 15.1 Å². The fourth-order valence-electron chi connectivity index (χ4n) is 4.18. The van der Waals surface area contributed by atoms with Gasteiger partial charge in [0.2, 0.25) is 0 Å². The highest BCUT2D eigenvalue weighted by Gasteiger charge is 2.33.